The molecule has 0 bridgehead atoms. The van der Waals surface area contributed by atoms with E-state index in [2.05, 4.69) is 15.0 Å². The van der Waals surface area contributed by atoms with Crippen molar-refractivity contribution in [3.05, 3.63) is 48.2 Å². The fraction of sp³-hybridized carbons (Fsp3) is 0.200. The fourth-order valence-electron chi connectivity index (χ4n) is 2.30. The average Bonchev–Trinajstić information content (AvgIpc) is 2.90. The van der Waals surface area contributed by atoms with Crippen LogP contribution in [0.1, 0.15) is 15.9 Å². The molecule has 0 saturated heterocycles. The Morgan fingerprint density at radius 3 is 2.81 bits per heavy atom. The standard InChI is InChI=1S/C15H15N5O/c1-10-11(15(21)19(2)3)5-4-6-13(10)20-9-18-12-7-16-8-17-14(12)20/h4-9H,1-3H3. The Kier molecular flexibility index (Phi) is 3.13. The summed E-state index contributed by atoms with van der Waals surface area (Å²) in [6, 6.07) is 5.65. The van der Waals surface area contributed by atoms with E-state index in [1.807, 2.05) is 29.7 Å². The summed E-state index contributed by atoms with van der Waals surface area (Å²) >= 11 is 0. The second-order valence-electron chi connectivity index (χ2n) is 5.00. The van der Waals surface area contributed by atoms with Gasteiger partial charge in [0.05, 0.1) is 11.9 Å². The van der Waals surface area contributed by atoms with Crippen molar-refractivity contribution in [1.29, 1.82) is 0 Å². The molecular weight excluding hydrogens is 266 g/mol. The largest absolute Gasteiger partial charge is 0.345 e. The van der Waals surface area contributed by atoms with Gasteiger partial charge in [-0.25, -0.2) is 15.0 Å². The van der Waals surface area contributed by atoms with E-state index in [0.29, 0.717) is 5.56 Å². The summed E-state index contributed by atoms with van der Waals surface area (Å²) in [5, 5.41) is 0. The maximum atomic E-state index is 12.2. The number of amides is 1. The van der Waals surface area contributed by atoms with Crippen molar-refractivity contribution < 1.29 is 4.79 Å². The van der Waals surface area contributed by atoms with E-state index >= 15 is 0 Å². The molecule has 6 heteroatoms. The monoisotopic (exact) mass is 281 g/mol. The minimum Gasteiger partial charge on any atom is -0.345 e. The molecule has 1 amide bonds. The number of hydrogen-bond donors (Lipinski definition) is 0. The Labute approximate surface area is 122 Å². The van der Waals surface area contributed by atoms with Crippen LogP contribution < -0.4 is 0 Å². The normalized spacial score (nSPS) is 10.8. The Hall–Kier alpha value is -2.76. The number of aromatic nitrogens is 4. The number of benzene rings is 1. The highest BCUT2D eigenvalue weighted by Gasteiger charge is 2.15. The number of carbonyl (C=O) groups is 1. The predicted octanol–water partition coefficient (Wildman–Crippen LogP) is 1.83. The van der Waals surface area contributed by atoms with Crippen LogP contribution in [0.4, 0.5) is 0 Å². The molecule has 0 saturated carbocycles. The highest BCUT2D eigenvalue weighted by molar-refractivity contribution is 5.96. The number of nitrogens with zero attached hydrogens (tertiary/aromatic N) is 5. The van der Waals surface area contributed by atoms with Gasteiger partial charge in [0.2, 0.25) is 0 Å². The minimum atomic E-state index is -0.0200. The van der Waals surface area contributed by atoms with Gasteiger partial charge in [-0.05, 0) is 24.6 Å². The second kappa shape index (κ2) is 4.97. The molecule has 2 aromatic heterocycles. The molecular formula is C15H15N5O. The van der Waals surface area contributed by atoms with Crippen LogP contribution in [0.15, 0.2) is 37.1 Å². The van der Waals surface area contributed by atoms with Crippen molar-refractivity contribution in [1.82, 2.24) is 24.4 Å². The predicted molar refractivity (Wildman–Crippen MR) is 79.4 cm³/mol. The minimum absolute atomic E-state index is 0.0200. The molecule has 0 N–H and O–H groups in total. The molecule has 6 nitrogen and oxygen atoms in total. The van der Waals surface area contributed by atoms with Crippen LogP contribution in [0, 0.1) is 6.92 Å². The van der Waals surface area contributed by atoms with Gasteiger partial charge >= 0.3 is 0 Å². The lowest BCUT2D eigenvalue weighted by Crippen LogP contribution is -2.23. The number of carbonyl (C=O) groups excluding carboxylic acids is 1. The molecule has 0 atom stereocenters. The topological polar surface area (TPSA) is 63.9 Å². The van der Waals surface area contributed by atoms with Crippen molar-refractivity contribution in [2.24, 2.45) is 0 Å². The Balaban J connectivity index is 2.20. The summed E-state index contributed by atoms with van der Waals surface area (Å²) in [5.41, 5.74) is 3.91. The lowest BCUT2D eigenvalue weighted by atomic mass is 10.1. The zero-order chi connectivity index (χ0) is 15.0. The number of imidazole rings is 1. The summed E-state index contributed by atoms with van der Waals surface area (Å²) in [7, 11) is 3.49. The van der Waals surface area contributed by atoms with Crippen LogP contribution in [0.2, 0.25) is 0 Å². The van der Waals surface area contributed by atoms with Crippen LogP contribution in [-0.4, -0.2) is 44.4 Å². The zero-order valence-electron chi connectivity index (χ0n) is 12.1. The van der Waals surface area contributed by atoms with Gasteiger partial charge in [0, 0.05) is 19.7 Å². The third kappa shape index (κ3) is 2.14. The second-order valence-corrected chi connectivity index (χ2v) is 5.00. The number of rotatable bonds is 2. The molecule has 0 unspecified atom stereocenters. The molecule has 3 rings (SSSR count). The van der Waals surface area contributed by atoms with Crippen molar-refractivity contribution in [2.75, 3.05) is 14.1 Å². The van der Waals surface area contributed by atoms with Gasteiger partial charge in [0.25, 0.3) is 5.91 Å². The van der Waals surface area contributed by atoms with Crippen molar-refractivity contribution in [3.63, 3.8) is 0 Å². The van der Waals surface area contributed by atoms with Gasteiger partial charge in [-0.3, -0.25) is 9.36 Å². The molecule has 0 fully saturated rings. The molecule has 21 heavy (non-hydrogen) atoms. The Bertz CT molecular complexity index is 822. The van der Waals surface area contributed by atoms with Crippen LogP contribution in [0.5, 0.6) is 0 Å². The molecule has 1 aromatic carbocycles. The lowest BCUT2D eigenvalue weighted by Gasteiger charge is -2.15. The van der Waals surface area contributed by atoms with E-state index in [4.69, 9.17) is 0 Å². The van der Waals surface area contributed by atoms with Crippen molar-refractivity contribution >= 4 is 17.1 Å². The van der Waals surface area contributed by atoms with Crippen molar-refractivity contribution in [3.8, 4) is 5.69 Å². The molecule has 2 heterocycles. The van der Waals surface area contributed by atoms with E-state index in [1.165, 1.54) is 6.33 Å². The first-order valence-electron chi connectivity index (χ1n) is 6.54. The highest BCUT2D eigenvalue weighted by atomic mass is 16.2. The molecule has 3 aromatic rings. The first kappa shape index (κ1) is 13.2. The van der Waals surface area contributed by atoms with Crippen molar-refractivity contribution in [2.45, 2.75) is 6.92 Å². The van der Waals surface area contributed by atoms with E-state index < -0.39 is 0 Å². The Morgan fingerprint density at radius 1 is 1.24 bits per heavy atom. The van der Waals surface area contributed by atoms with Crippen LogP contribution in [0.3, 0.4) is 0 Å². The maximum absolute atomic E-state index is 12.2. The maximum Gasteiger partial charge on any atom is 0.253 e. The Morgan fingerprint density at radius 2 is 2.05 bits per heavy atom. The zero-order valence-corrected chi connectivity index (χ0v) is 12.1. The van der Waals surface area contributed by atoms with Crippen LogP contribution in [-0.2, 0) is 0 Å². The SMILES string of the molecule is Cc1c(C(=O)N(C)C)cccc1-n1cnc2cncnc21. The number of fused-ring (bicyclic) bond motifs is 1. The summed E-state index contributed by atoms with van der Waals surface area (Å²) in [6.45, 7) is 1.93. The molecule has 0 aliphatic carbocycles. The van der Waals surface area contributed by atoms with Gasteiger partial charge in [-0.2, -0.15) is 0 Å². The van der Waals surface area contributed by atoms with Crippen LogP contribution >= 0.6 is 0 Å². The van der Waals surface area contributed by atoms with Gasteiger partial charge in [0.1, 0.15) is 18.2 Å². The summed E-state index contributed by atoms with van der Waals surface area (Å²) < 4.78 is 1.87. The average molecular weight is 281 g/mol. The molecule has 0 spiro atoms. The molecule has 0 aliphatic heterocycles. The molecule has 0 aliphatic rings. The summed E-state index contributed by atoms with van der Waals surface area (Å²) in [5.74, 6) is -0.0200. The van der Waals surface area contributed by atoms with Gasteiger partial charge in [-0.1, -0.05) is 6.07 Å². The van der Waals surface area contributed by atoms with Gasteiger partial charge < -0.3 is 4.90 Å². The summed E-state index contributed by atoms with van der Waals surface area (Å²) in [6.07, 6.45) is 4.86. The fourth-order valence-corrected chi connectivity index (χ4v) is 2.30. The van der Waals surface area contributed by atoms with Crippen LogP contribution in [0.25, 0.3) is 16.9 Å². The van der Waals surface area contributed by atoms with Gasteiger partial charge in [-0.15, -0.1) is 0 Å². The van der Waals surface area contributed by atoms with E-state index in [9.17, 15) is 4.79 Å². The molecule has 106 valence electrons. The van der Waals surface area contributed by atoms with E-state index in [0.717, 1.165) is 22.4 Å². The summed E-state index contributed by atoms with van der Waals surface area (Å²) in [4.78, 5) is 26.3. The first-order valence-corrected chi connectivity index (χ1v) is 6.54. The van der Waals surface area contributed by atoms with Gasteiger partial charge in [0.15, 0.2) is 5.65 Å². The lowest BCUT2D eigenvalue weighted by molar-refractivity contribution is 0.0827. The third-order valence-corrected chi connectivity index (χ3v) is 3.41. The molecule has 0 radical (unpaired) electrons. The third-order valence-electron chi connectivity index (χ3n) is 3.41. The van der Waals surface area contributed by atoms with E-state index in [1.54, 1.807) is 31.5 Å². The highest BCUT2D eigenvalue weighted by Crippen LogP contribution is 2.22. The smallest absolute Gasteiger partial charge is 0.253 e. The first-order chi connectivity index (χ1) is 10.1. The van der Waals surface area contributed by atoms with E-state index in [-0.39, 0.29) is 5.91 Å². The number of hydrogen-bond acceptors (Lipinski definition) is 4. The quantitative estimate of drug-likeness (QED) is 0.719.